The Morgan fingerprint density at radius 2 is 2.12 bits per heavy atom. The second-order valence-corrected chi connectivity index (χ2v) is 7.33. The summed E-state index contributed by atoms with van der Waals surface area (Å²) in [6.07, 6.45) is 0. The van der Waals surface area contributed by atoms with Crippen LogP contribution in [0.3, 0.4) is 0 Å². The first-order valence-corrected chi connectivity index (χ1v) is 9.96. The van der Waals surface area contributed by atoms with Crippen molar-refractivity contribution in [1.82, 2.24) is 10.3 Å². The number of ether oxygens (including phenoxy) is 2. The van der Waals surface area contributed by atoms with E-state index in [0.717, 1.165) is 21.8 Å². The summed E-state index contributed by atoms with van der Waals surface area (Å²) in [5, 5.41) is 7.87. The first-order valence-electron chi connectivity index (χ1n) is 8.20. The van der Waals surface area contributed by atoms with Crippen molar-refractivity contribution < 1.29 is 14.3 Å². The van der Waals surface area contributed by atoms with Crippen LogP contribution in [-0.2, 0) is 6.54 Å². The van der Waals surface area contributed by atoms with Gasteiger partial charge in [0.2, 0.25) is 0 Å². The Bertz CT molecular complexity index is 888. The number of thiophene rings is 1. The molecule has 0 bridgehead atoms. The van der Waals surface area contributed by atoms with Crippen molar-refractivity contribution >= 4 is 28.6 Å². The Kier molecular flexibility index (Phi) is 5.90. The first kappa shape index (κ1) is 18.4. The number of hydrogen-bond donors (Lipinski definition) is 1. The summed E-state index contributed by atoms with van der Waals surface area (Å²) in [5.74, 6) is 1.24. The Morgan fingerprint density at radius 1 is 1.27 bits per heavy atom. The Balaban J connectivity index is 1.70. The van der Waals surface area contributed by atoms with E-state index in [4.69, 9.17) is 9.47 Å². The highest BCUT2D eigenvalue weighted by molar-refractivity contribution is 7.17. The molecule has 136 valence electrons. The number of aryl methyl sites for hydroxylation is 1. The van der Waals surface area contributed by atoms with Crippen LogP contribution in [0.15, 0.2) is 35.0 Å². The van der Waals surface area contributed by atoms with Gasteiger partial charge < -0.3 is 14.8 Å². The van der Waals surface area contributed by atoms with E-state index < -0.39 is 0 Å². The van der Waals surface area contributed by atoms with Gasteiger partial charge in [-0.25, -0.2) is 4.98 Å². The third-order valence-electron chi connectivity index (χ3n) is 3.75. The molecule has 26 heavy (non-hydrogen) atoms. The molecular formula is C19H20N2O3S2. The predicted molar refractivity (Wildman–Crippen MR) is 105 cm³/mol. The molecule has 0 aliphatic rings. The fourth-order valence-electron chi connectivity index (χ4n) is 2.48. The summed E-state index contributed by atoms with van der Waals surface area (Å²) in [4.78, 5) is 17.7. The van der Waals surface area contributed by atoms with Crippen molar-refractivity contribution in [3.05, 3.63) is 51.2 Å². The number of benzene rings is 1. The molecule has 0 saturated carbocycles. The molecule has 1 N–H and O–H groups in total. The first-order chi connectivity index (χ1) is 12.6. The van der Waals surface area contributed by atoms with Crippen LogP contribution in [0.25, 0.3) is 10.6 Å². The topological polar surface area (TPSA) is 60.5 Å². The van der Waals surface area contributed by atoms with Gasteiger partial charge in [-0.1, -0.05) is 6.07 Å². The molecule has 2 heterocycles. The standard InChI is InChI=1S/C19H20N2O3S2/c1-4-24-16-9-13(5-6-15(16)23-3)10-20-18(22)17-12(2)21-19(26-17)14-7-8-25-11-14/h5-9,11H,4,10H2,1-3H3,(H,20,22). The number of nitrogens with zero attached hydrogens (tertiary/aromatic N) is 1. The van der Waals surface area contributed by atoms with Gasteiger partial charge in [-0.3, -0.25) is 4.79 Å². The molecule has 1 aromatic carbocycles. The SMILES string of the molecule is CCOc1cc(CNC(=O)c2sc(-c3ccsc3)nc2C)ccc1OC. The normalized spacial score (nSPS) is 10.6. The molecule has 0 atom stereocenters. The molecule has 5 nitrogen and oxygen atoms in total. The number of carbonyl (C=O) groups excluding carboxylic acids is 1. The van der Waals surface area contributed by atoms with Crippen molar-refractivity contribution in [2.24, 2.45) is 0 Å². The third kappa shape index (κ3) is 4.05. The number of carbonyl (C=O) groups is 1. The molecule has 1 amide bonds. The molecule has 0 aliphatic heterocycles. The van der Waals surface area contributed by atoms with Crippen molar-refractivity contribution in [2.75, 3.05) is 13.7 Å². The van der Waals surface area contributed by atoms with Gasteiger partial charge >= 0.3 is 0 Å². The number of thiazole rings is 1. The lowest BCUT2D eigenvalue weighted by Crippen LogP contribution is -2.22. The summed E-state index contributed by atoms with van der Waals surface area (Å²) >= 11 is 3.03. The van der Waals surface area contributed by atoms with E-state index in [0.29, 0.717) is 29.5 Å². The fraction of sp³-hybridized carbons (Fsp3) is 0.263. The minimum atomic E-state index is -0.116. The van der Waals surface area contributed by atoms with E-state index in [2.05, 4.69) is 10.3 Å². The second-order valence-electron chi connectivity index (χ2n) is 5.55. The molecule has 0 fully saturated rings. The highest BCUT2D eigenvalue weighted by Crippen LogP contribution is 2.30. The summed E-state index contributed by atoms with van der Waals surface area (Å²) in [6.45, 7) is 4.75. The lowest BCUT2D eigenvalue weighted by Gasteiger charge is -2.11. The number of rotatable bonds is 7. The van der Waals surface area contributed by atoms with Crippen LogP contribution in [0.1, 0.15) is 27.9 Å². The number of amides is 1. The van der Waals surface area contributed by atoms with Gasteiger partial charge in [0.05, 0.1) is 19.4 Å². The zero-order valence-corrected chi connectivity index (χ0v) is 16.5. The summed E-state index contributed by atoms with van der Waals surface area (Å²) in [6, 6.07) is 7.66. The van der Waals surface area contributed by atoms with E-state index in [1.165, 1.54) is 11.3 Å². The van der Waals surface area contributed by atoms with Gasteiger partial charge in [0.1, 0.15) is 9.88 Å². The molecule has 0 spiro atoms. The van der Waals surface area contributed by atoms with Crippen LogP contribution >= 0.6 is 22.7 Å². The number of aromatic nitrogens is 1. The molecular weight excluding hydrogens is 368 g/mol. The fourth-order valence-corrected chi connectivity index (χ4v) is 4.17. The van der Waals surface area contributed by atoms with E-state index in [1.54, 1.807) is 18.4 Å². The zero-order valence-electron chi connectivity index (χ0n) is 14.9. The maximum atomic E-state index is 12.6. The number of hydrogen-bond acceptors (Lipinski definition) is 6. The van der Waals surface area contributed by atoms with Crippen molar-refractivity contribution in [3.8, 4) is 22.1 Å². The smallest absolute Gasteiger partial charge is 0.263 e. The van der Waals surface area contributed by atoms with Gasteiger partial charge in [0, 0.05) is 17.5 Å². The quantitative estimate of drug-likeness (QED) is 0.647. The molecule has 3 rings (SSSR count). The van der Waals surface area contributed by atoms with Gasteiger partial charge in [-0.2, -0.15) is 11.3 Å². The highest BCUT2D eigenvalue weighted by atomic mass is 32.1. The monoisotopic (exact) mass is 388 g/mol. The highest BCUT2D eigenvalue weighted by Gasteiger charge is 2.16. The van der Waals surface area contributed by atoms with E-state index in [9.17, 15) is 4.79 Å². The van der Waals surface area contributed by atoms with Crippen LogP contribution in [-0.4, -0.2) is 24.6 Å². The molecule has 3 aromatic rings. The van der Waals surface area contributed by atoms with Gasteiger partial charge in [-0.05, 0) is 43.0 Å². The molecule has 0 radical (unpaired) electrons. The summed E-state index contributed by atoms with van der Waals surface area (Å²) in [7, 11) is 1.61. The largest absolute Gasteiger partial charge is 0.493 e. The number of nitrogens with one attached hydrogen (secondary N) is 1. The van der Waals surface area contributed by atoms with Gasteiger partial charge in [0.25, 0.3) is 5.91 Å². The van der Waals surface area contributed by atoms with Crippen molar-refractivity contribution in [3.63, 3.8) is 0 Å². The lowest BCUT2D eigenvalue weighted by atomic mass is 10.2. The van der Waals surface area contributed by atoms with Gasteiger partial charge in [0.15, 0.2) is 11.5 Å². The maximum absolute atomic E-state index is 12.6. The zero-order chi connectivity index (χ0) is 18.5. The Labute approximate surface area is 160 Å². The average Bonchev–Trinajstić information content (AvgIpc) is 3.29. The van der Waals surface area contributed by atoms with Crippen molar-refractivity contribution in [1.29, 1.82) is 0 Å². The molecule has 7 heteroatoms. The minimum Gasteiger partial charge on any atom is -0.493 e. The van der Waals surface area contributed by atoms with Crippen LogP contribution < -0.4 is 14.8 Å². The molecule has 2 aromatic heterocycles. The van der Waals surface area contributed by atoms with Crippen molar-refractivity contribution in [2.45, 2.75) is 20.4 Å². The van der Waals surface area contributed by atoms with E-state index >= 15 is 0 Å². The predicted octanol–water partition coefficient (Wildman–Crippen LogP) is 4.52. The van der Waals surface area contributed by atoms with Gasteiger partial charge in [-0.15, -0.1) is 11.3 Å². The van der Waals surface area contributed by atoms with Crippen LogP contribution in [0.2, 0.25) is 0 Å². The Morgan fingerprint density at radius 3 is 2.81 bits per heavy atom. The summed E-state index contributed by atoms with van der Waals surface area (Å²) < 4.78 is 10.9. The van der Waals surface area contributed by atoms with Crippen LogP contribution in [0, 0.1) is 6.92 Å². The maximum Gasteiger partial charge on any atom is 0.263 e. The Hall–Kier alpha value is -2.38. The molecule has 0 aliphatic carbocycles. The average molecular weight is 389 g/mol. The lowest BCUT2D eigenvalue weighted by molar-refractivity contribution is 0.0954. The third-order valence-corrected chi connectivity index (χ3v) is 5.64. The second kappa shape index (κ2) is 8.33. The molecule has 0 unspecified atom stereocenters. The van der Waals surface area contributed by atoms with E-state index in [-0.39, 0.29) is 5.91 Å². The van der Waals surface area contributed by atoms with Crippen LogP contribution in [0.4, 0.5) is 0 Å². The number of methoxy groups -OCH3 is 1. The van der Waals surface area contributed by atoms with E-state index in [1.807, 2.05) is 48.9 Å². The van der Waals surface area contributed by atoms with Crippen LogP contribution in [0.5, 0.6) is 11.5 Å². The minimum absolute atomic E-state index is 0.116. The summed E-state index contributed by atoms with van der Waals surface area (Å²) in [5.41, 5.74) is 2.75. The molecule has 0 saturated heterocycles.